The Kier molecular flexibility index (Phi) is 4.53. The van der Waals surface area contributed by atoms with E-state index in [9.17, 15) is 4.79 Å². The number of carbonyl (C=O) groups is 1. The van der Waals surface area contributed by atoms with Gasteiger partial charge in [-0.2, -0.15) is 0 Å². The van der Waals surface area contributed by atoms with Crippen LogP contribution < -0.4 is 0 Å². The molecular weight excluding hydrogens is 318 g/mol. The fourth-order valence-corrected chi connectivity index (χ4v) is 3.88. The molecule has 1 saturated carbocycles. The summed E-state index contributed by atoms with van der Waals surface area (Å²) in [6.07, 6.45) is 9.26. The molecule has 25 heavy (non-hydrogen) atoms. The van der Waals surface area contributed by atoms with E-state index in [1.165, 1.54) is 49.4 Å². The topological polar surface area (TPSA) is 79.5 Å². The summed E-state index contributed by atoms with van der Waals surface area (Å²) in [6, 6.07) is 3.25. The van der Waals surface area contributed by atoms with Crippen molar-refractivity contribution in [3.63, 3.8) is 0 Å². The van der Waals surface area contributed by atoms with Gasteiger partial charge in [-0.3, -0.25) is 4.90 Å². The average Bonchev–Trinajstić information content (AvgIpc) is 3.11. The van der Waals surface area contributed by atoms with Gasteiger partial charge >= 0.3 is 5.97 Å². The van der Waals surface area contributed by atoms with Gasteiger partial charge in [-0.1, -0.05) is 19.3 Å². The highest BCUT2D eigenvalue weighted by molar-refractivity contribution is 5.84. The van der Waals surface area contributed by atoms with E-state index >= 15 is 0 Å². The lowest BCUT2D eigenvalue weighted by atomic mass is 9.88. The Morgan fingerprint density at radius 3 is 2.88 bits per heavy atom. The van der Waals surface area contributed by atoms with Crippen molar-refractivity contribution in [2.75, 3.05) is 6.54 Å². The van der Waals surface area contributed by atoms with E-state index in [2.05, 4.69) is 9.88 Å². The highest BCUT2D eigenvalue weighted by atomic mass is 16.4. The predicted molar refractivity (Wildman–Crippen MR) is 91.3 cm³/mol. The number of fused-ring (bicyclic) bond motifs is 1. The summed E-state index contributed by atoms with van der Waals surface area (Å²) < 4.78 is 5.36. The Balaban J connectivity index is 1.43. The van der Waals surface area contributed by atoms with Crippen LogP contribution in [0.1, 0.15) is 71.4 Å². The lowest BCUT2D eigenvalue weighted by Gasteiger charge is -2.28. The van der Waals surface area contributed by atoms with Crippen molar-refractivity contribution >= 4 is 5.97 Å². The van der Waals surface area contributed by atoms with Gasteiger partial charge in [0.15, 0.2) is 0 Å². The number of rotatable bonds is 4. The van der Waals surface area contributed by atoms with Gasteiger partial charge in [0.1, 0.15) is 11.6 Å². The first-order valence-corrected chi connectivity index (χ1v) is 9.08. The van der Waals surface area contributed by atoms with Crippen LogP contribution in [0.25, 0.3) is 0 Å². The zero-order chi connectivity index (χ0) is 17.2. The third-order valence-electron chi connectivity index (χ3n) is 5.25. The van der Waals surface area contributed by atoms with Crippen LogP contribution in [-0.4, -0.2) is 32.5 Å². The highest BCUT2D eigenvalue weighted by Crippen LogP contribution is 2.31. The smallest absolute Gasteiger partial charge is 0.371 e. The molecule has 2 aromatic rings. The minimum absolute atomic E-state index is 0.00660. The van der Waals surface area contributed by atoms with E-state index < -0.39 is 5.97 Å². The van der Waals surface area contributed by atoms with Crippen molar-refractivity contribution < 1.29 is 14.3 Å². The first kappa shape index (κ1) is 16.3. The SMILES string of the molecule is O=C(O)c1ccc(CN2CCc3nc(C4CCCCC4)ncc3C2)o1. The molecule has 1 N–H and O–H groups in total. The zero-order valence-electron chi connectivity index (χ0n) is 14.3. The Bertz CT molecular complexity index is 765. The molecule has 1 aliphatic heterocycles. The lowest BCUT2D eigenvalue weighted by Crippen LogP contribution is -2.31. The minimum atomic E-state index is -1.03. The molecule has 0 aromatic carbocycles. The van der Waals surface area contributed by atoms with Crippen LogP contribution in [0.5, 0.6) is 0 Å². The number of furan rings is 1. The van der Waals surface area contributed by atoms with Crippen LogP contribution in [0.2, 0.25) is 0 Å². The van der Waals surface area contributed by atoms with Crippen molar-refractivity contribution in [1.29, 1.82) is 0 Å². The number of aromatic carboxylic acids is 1. The van der Waals surface area contributed by atoms with Crippen molar-refractivity contribution in [2.24, 2.45) is 0 Å². The van der Waals surface area contributed by atoms with Crippen molar-refractivity contribution in [1.82, 2.24) is 14.9 Å². The monoisotopic (exact) mass is 341 g/mol. The molecule has 132 valence electrons. The molecule has 0 amide bonds. The molecule has 0 radical (unpaired) electrons. The molecule has 3 heterocycles. The third-order valence-corrected chi connectivity index (χ3v) is 5.25. The fourth-order valence-electron chi connectivity index (χ4n) is 3.88. The van der Waals surface area contributed by atoms with E-state index in [4.69, 9.17) is 14.5 Å². The molecular formula is C19H23N3O3. The first-order valence-electron chi connectivity index (χ1n) is 9.08. The van der Waals surface area contributed by atoms with Crippen molar-refractivity contribution in [3.05, 3.63) is 46.9 Å². The van der Waals surface area contributed by atoms with E-state index in [1.54, 1.807) is 6.07 Å². The minimum Gasteiger partial charge on any atom is -0.475 e. The lowest BCUT2D eigenvalue weighted by molar-refractivity contribution is 0.0658. The molecule has 1 aliphatic carbocycles. The summed E-state index contributed by atoms with van der Waals surface area (Å²) in [4.78, 5) is 22.7. The summed E-state index contributed by atoms with van der Waals surface area (Å²) in [6.45, 7) is 2.29. The molecule has 0 atom stereocenters. The second-order valence-corrected chi connectivity index (χ2v) is 7.07. The van der Waals surface area contributed by atoms with Crippen LogP contribution in [0, 0.1) is 0 Å². The number of aromatic nitrogens is 2. The van der Waals surface area contributed by atoms with Crippen LogP contribution in [-0.2, 0) is 19.5 Å². The Morgan fingerprint density at radius 1 is 1.28 bits per heavy atom. The van der Waals surface area contributed by atoms with Crippen molar-refractivity contribution in [2.45, 2.75) is 57.5 Å². The van der Waals surface area contributed by atoms with Gasteiger partial charge in [-0.05, 0) is 25.0 Å². The first-order chi connectivity index (χ1) is 12.2. The van der Waals surface area contributed by atoms with Gasteiger partial charge in [0.25, 0.3) is 0 Å². The summed E-state index contributed by atoms with van der Waals surface area (Å²) >= 11 is 0. The van der Waals surface area contributed by atoms with Gasteiger partial charge in [0, 0.05) is 42.9 Å². The normalized spacial score (nSPS) is 18.9. The molecule has 2 aliphatic rings. The van der Waals surface area contributed by atoms with Gasteiger partial charge in [-0.15, -0.1) is 0 Å². The van der Waals surface area contributed by atoms with Gasteiger partial charge in [0.2, 0.25) is 5.76 Å². The van der Waals surface area contributed by atoms with Gasteiger partial charge in [0.05, 0.1) is 6.54 Å². The summed E-state index contributed by atoms with van der Waals surface area (Å²) in [5.41, 5.74) is 2.35. The summed E-state index contributed by atoms with van der Waals surface area (Å²) in [5, 5.41) is 8.94. The number of nitrogens with zero attached hydrogens (tertiary/aromatic N) is 3. The quantitative estimate of drug-likeness (QED) is 0.918. The Morgan fingerprint density at radius 2 is 2.12 bits per heavy atom. The predicted octanol–water partition coefficient (Wildman–Crippen LogP) is 3.37. The molecule has 0 unspecified atom stereocenters. The van der Waals surface area contributed by atoms with E-state index in [0.717, 1.165) is 25.3 Å². The number of carboxylic acids is 1. The van der Waals surface area contributed by atoms with Crippen molar-refractivity contribution in [3.8, 4) is 0 Å². The molecule has 0 bridgehead atoms. The molecule has 0 spiro atoms. The van der Waals surface area contributed by atoms with Crippen LogP contribution >= 0.6 is 0 Å². The maximum atomic E-state index is 10.9. The van der Waals surface area contributed by atoms with E-state index in [-0.39, 0.29) is 5.76 Å². The second-order valence-electron chi connectivity index (χ2n) is 7.07. The zero-order valence-corrected chi connectivity index (χ0v) is 14.3. The van der Waals surface area contributed by atoms with Crippen LogP contribution in [0.15, 0.2) is 22.7 Å². The standard InChI is InChI=1S/C19H23N3O3/c23-19(24)17-7-6-15(25-17)12-22-9-8-16-14(11-22)10-20-18(21-16)13-4-2-1-3-5-13/h6-7,10,13H,1-5,8-9,11-12H2,(H,23,24). The number of hydrogen-bond donors (Lipinski definition) is 1. The number of hydrogen-bond acceptors (Lipinski definition) is 5. The molecule has 6 heteroatoms. The molecule has 6 nitrogen and oxygen atoms in total. The molecule has 0 saturated heterocycles. The Hall–Kier alpha value is -2.21. The number of carboxylic acid groups (broad SMARTS) is 1. The third kappa shape index (κ3) is 3.58. The van der Waals surface area contributed by atoms with Gasteiger partial charge < -0.3 is 9.52 Å². The Labute approximate surface area is 146 Å². The fraction of sp³-hybridized carbons (Fsp3) is 0.526. The van der Waals surface area contributed by atoms with E-state index in [1.807, 2.05) is 6.20 Å². The highest BCUT2D eigenvalue weighted by Gasteiger charge is 2.23. The van der Waals surface area contributed by atoms with Crippen LogP contribution in [0.4, 0.5) is 0 Å². The summed E-state index contributed by atoms with van der Waals surface area (Å²) in [7, 11) is 0. The molecule has 4 rings (SSSR count). The second kappa shape index (κ2) is 6.96. The van der Waals surface area contributed by atoms with E-state index in [0.29, 0.717) is 18.2 Å². The van der Waals surface area contributed by atoms with Gasteiger partial charge in [-0.25, -0.2) is 14.8 Å². The largest absolute Gasteiger partial charge is 0.475 e. The molecule has 2 aromatic heterocycles. The average molecular weight is 341 g/mol. The maximum Gasteiger partial charge on any atom is 0.371 e. The van der Waals surface area contributed by atoms with Crippen LogP contribution in [0.3, 0.4) is 0 Å². The maximum absolute atomic E-state index is 10.9. The summed E-state index contributed by atoms with van der Waals surface area (Å²) in [5.74, 6) is 1.21. The molecule has 1 fully saturated rings.